The fourth-order valence-electron chi connectivity index (χ4n) is 1.91. The first kappa shape index (κ1) is 15.2. The van der Waals surface area contributed by atoms with E-state index < -0.39 is 9.84 Å². The molecular weight excluding hydrogens is 274 g/mol. The monoisotopic (exact) mass is 295 g/mol. The molecule has 6 heteroatoms. The van der Waals surface area contributed by atoms with Gasteiger partial charge in [0.25, 0.3) is 0 Å². The molecule has 0 aliphatic carbocycles. The number of rotatable bonds is 5. The Morgan fingerprint density at radius 3 is 2.71 bits per heavy atom. The average molecular weight is 295 g/mol. The summed E-state index contributed by atoms with van der Waals surface area (Å²) >= 11 is 6.87. The van der Waals surface area contributed by atoms with Crippen molar-refractivity contribution in [2.45, 2.75) is 45.1 Å². The normalized spacial score (nSPS) is 26.9. The Kier molecular flexibility index (Phi) is 5.73. The topological polar surface area (TPSA) is 46.2 Å². The van der Waals surface area contributed by atoms with Crippen LogP contribution in [0.25, 0.3) is 0 Å². The summed E-state index contributed by atoms with van der Waals surface area (Å²) in [6.45, 7) is 4.11. The smallest absolute Gasteiger partial charge is 0.152 e. The van der Waals surface area contributed by atoms with Gasteiger partial charge in [-0.2, -0.15) is 0 Å². The quantitative estimate of drug-likeness (QED) is 0.623. The molecular formula is C11H21NO2S3. The first-order chi connectivity index (χ1) is 7.87. The first-order valence-electron chi connectivity index (χ1n) is 6.02. The Balaban J connectivity index is 2.31. The number of thiocarbonyl (C=S) groups is 1. The average Bonchev–Trinajstić information content (AvgIpc) is 2.47. The summed E-state index contributed by atoms with van der Waals surface area (Å²) in [6.07, 6.45) is 4.25. The summed E-state index contributed by atoms with van der Waals surface area (Å²) in [7, 11) is -2.86. The summed E-state index contributed by atoms with van der Waals surface area (Å²) < 4.78 is 23.6. The Labute approximate surface area is 114 Å². The third-order valence-electron chi connectivity index (χ3n) is 2.89. The van der Waals surface area contributed by atoms with E-state index in [1.54, 1.807) is 11.8 Å². The molecule has 0 aromatic heterocycles. The largest absolute Gasteiger partial charge is 0.365 e. The van der Waals surface area contributed by atoms with Crippen LogP contribution in [-0.4, -0.2) is 35.5 Å². The Hall–Kier alpha value is 0.190. The zero-order valence-electron chi connectivity index (χ0n) is 10.5. The van der Waals surface area contributed by atoms with Crippen LogP contribution in [0.3, 0.4) is 0 Å². The fourth-order valence-corrected chi connectivity index (χ4v) is 5.35. The molecule has 1 saturated heterocycles. The Bertz CT molecular complexity index is 367. The number of hydrogen-bond acceptors (Lipinski definition) is 4. The number of sulfone groups is 1. The molecule has 1 aliphatic rings. The zero-order valence-corrected chi connectivity index (χ0v) is 12.9. The fraction of sp³-hybridized carbons (Fsp3) is 0.909. The van der Waals surface area contributed by atoms with Gasteiger partial charge in [-0.1, -0.05) is 43.7 Å². The predicted molar refractivity (Wildman–Crippen MR) is 79.4 cm³/mol. The molecule has 0 saturated carbocycles. The molecule has 1 rings (SSSR count). The highest BCUT2D eigenvalue weighted by Gasteiger charge is 2.38. The van der Waals surface area contributed by atoms with E-state index in [-0.39, 0.29) is 17.0 Å². The molecule has 0 spiro atoms. The molecule has 1 aliphatic heterocycles. The highest BCUT2D eigenvalue weighted by molar-refractivity contribution is 8.22. The minimum atomic E-state index is -2.86. The summed E-state index contributed by atoms with van der Waals surface area (Å²) in [5.74, 6) is 1.50. The molecule has 17 heavy (non-hydrogen) atoms. The second kappa shape index (κ2) is 6.38. The van der Waals surface area contributed by atoms with Gasteiger partial charge < -0.3 is 5.32 Å². The molecule has 1 heterocycles. The molecule has 0 amide bonds. The number of hydrogen-bond donors (Lipinski definition) is 1. The standard InChI is InChI=1S/C11H21NO2S3/c1-3-4-5-7-16-10(15)12-11(2)6-8-17(13,14)9-11/h3-9H2,1-2H3,(H,12,15). The van der Waals surface area contributed by atoms with Gasteiger partial charge in [-0.25, -0.2) is 8.42 Å². The lowest BCUT2D eigenvalue weighted by molar-refractivity contribution is 0.477. The van der Waals surface area contributed by atoms with Crippen molar-refractivity contribution in [2.75, 3.05) is 17.3 Å². The van der Waals surface area contributed by atoms with E-state index in [0.717, 1.165) is 16.5 Å². The van der Waals surface area contributed by atoms with Crippen LogP contribution in [0.4, 0.5) is 0 Å². The minimum absolute atomic E-state index is 0.204. The van der Waals surface area contributed by atoms with Crippen LogP contribution < -0.4 is 5.32 Å². The maximum Gasteiger partial charge on any atom is 0.152 e. The third kappa shape index (κ3) is 5.57. The Morgan fingerprint density at radius 2 is 2.18 bits per heavy atom. The van der Waals surface area contributed by atoms with Crippen molar-refractivity contribution in [3.63, 3.8) is 0 Å². The van der Waals surface area contributed by atoms with Crippen molar-refractivity contribution in [3.05, 3.63) is 0 Å². The van der Waals surface area contributed by atoms with E-state index in [0.29, 0.717) is 6.42 Å². The second-order valence-electron chi connectivity index (χ2n) is 4.87. The van der Waals surface area contributed by atoms with Crippen LogP contribution in [0.15, 0.2) is 0 Å². The van der Waals surface area contributed by atoms with Gasteiger partial charge in [-0.15, -0.1) is 0 Å². The first-order valence-corrected chi connectivity index (χ1v) is 9.24. The molecule has 1 atom stereocenters. The lowest BCUT2D eigenvalue weighted by Crippen LogP contribution is -2.45. The highest BCUT2D eigenvalue weighted by atomic mass is 32.2. The lowest BCUT2D eigenvalue weighted by Gasteiger charge is -2.25. The van der Waals surface area contributed by atoms with E-state index in [1.165, 1.54) is 12.8 Å². The zero-order chi connectivity index (χ0) is 12.9. The molecule has 0 radical (unpaired) electrons. The van der Waals surface area contributed by atoms with Crippen LogP contribution in [0.5, 0.6) is 0 Å². The number of thioether (sulfide) groups is 1. The van der Waals surface area contributed by atoms with Gasteiger partial charge in [0, 0.05) is 5.75 Å². The maximum atomic E-state index is 11.4. The summed E-state index contributed by atoms with van der Waals surface area (Å²) in [5.41, 5.74) is -0.353. The molecule has 3 nitrogen and oxygen atoms in total. The minimum Gasteiger partial charge on any atom is -0.365 e. The third-order valence-corrected chi connectivity index (χ3v) is 6.10. The summed E-state index contributed by atoms with van der Waals surface area (Å²) in [4.78, 5) is 0. The van der Waals surface area contributed by atoms with Gasteiger partial charge in [-0.3, -0.25) is 0 Å². The van der Waals surface area contributed by atoms with Gasteiger partial charge in [0.1, 0.15) is 4.32 Å². The van der Waals surface area contributed by atoms with Gasteiger partial charge in [0.2, 0.25) is 0 Å². The van der Waals surface area contributed by atoms with Crippen molar-refractivity contribution < 1.29 is 8.42 Å². The van der Waals surface area contributed by atoms with E-state index in [2.05, 4.69) is 12.2 Å². The van der Waals surface area contributed by atoms with Gasteiger partial charge >= 0.3 is 0 Å². The maximum absolute atomic E-state index is 11.4. The molecule has 100 valence electrons. The predicted octanol–water partition coefficient (Wildman–Crippen LogP) is 2.36. The van der Waals surface area contributed by atoms with Crippen molar-refractivity contribution >= 4 is 38.1 Å². The molecule has 1 N–H and O–H groups in total. The molecule has 0 aromatic carbocycles. The van der Waals surface area contributed by atoms with E-state index in [1.807, 2.05) is 6.92 Å². The van der Waals surface area contributed by atoms with Gasteiger partial charge in [0.05, 0.1) is 17.0 Å². The van der Waals surface area contributed by atoms with E-state index >= 15 is 0 Å². The van der Waals surface area contributed by atoms with Crippen molar-refractivity contribution in [3.8, 4) is 0 Å². The summed E-state index contributed by atoms with van der Waals surface area (Å²) in [5, 5.41) is 3.20. The van der Waals surface area contributed by atoms with Crippen LogP contribution in [0, 0.1) is 0 Å². The molecule has 0 bridgehead atoms. The van der Waals surface area contributed by atoms with E-state index in [4.69, 9.17) is 12.2 Å². The SMILES string of the molecule is CCCCCSC(=S)NC1(C)CCS(=O)(=O)C1. The van der Waals surface area contributed by atoms with E-state index in [9.17, 15) is 8.42 Å². The van der Waals surface area contributed by atoms with Gasteiger partial charge in [-0.05, 0) is 19.8 Å². The van der Waals surface area contributed by atoms with Crippen LogP contribution in [0.2, 0.25) is 0 Å². The molecule has 1 fully saturated rings. The number of nitrogens with one attached hydrogen (secondary N) is 1. The second-order valence-corrected chi connectivity index (χ2v) is 8.83. The Morgan fingerprint density at radius 1 is 1.47 bits per heavy atom. The summed E-state index contributed by atoms with van der Waals surface area (Å²) in [6, 6.07) is 0. The van der Waals surface area contributed by atoms with Crippen molar-refractivity contribution in [1.82, 2.24) is 5.32 Å². The molecule has 1 unspecified atom stereocenters. The highest BCUT2D eigenvalue weighted by Crippen LogP contribution is 2.24. The molecule has 0 aromatic rings. The van der Waals surface area contributed by atoms with Crippen LogP contribution in [0.1, 0.15) is 39.5 Å². The van der Waals surface area contributed by atoms with Crippen molar-refractivity contribution in [2.24, 2.45) is 0 Å². The lowest BCUT2D eigenvalue weighted by atomic mass is 10.0. The van der Waals surface area contributed by atoms with Gasteiger partial charge in [0.15, 0.2) is 9.84 Å². The van der Waals surface area contributed by atoms with Crippen LogP contribution in [-0.2, 0) is 9.84 Å². The number of unbranched alkanes of at least 4 members (excludes halogenated alkanes) is 2. The van der Waals surface area contributed by atoms with Crippen LogP contribution >= 0.6 is 24.0 Å². The van der Waals surface area contributed by atoms with Crippen molar-refractivity contribution in [1.29, 1.82) is 0 Å².